The van der Waals surface area contributed by atoms with Crippen molar-refractivity contribution in [3.63, 3.8) is 0 Å². The van der Waals surface area contributed by atoms with Crippen LogP contribution in [0.25, 0.3) is 0 Å². The second-order valence-corrected chi connectivity index (χ2v) is 7.33. The Labute approximate surface area is 149 Å². The predicted octanol–water partition coefficient (Wildman–Crippen LogP) is 1.26. The molecule has 0 spiro atoms. The van der Waals surface area contributed by atoms with Crippen LogP contribution in [0.1, 0.15) is 55.4 Å². The number of carbonyl (C=O) groups is 2. The lowest BCUT2D eigenvalue weighted by molar-refractivity contribution is -0.136. The number of likely N-dealkylation sites (N-methyl/N-ethyl adjacent to an activating group) is 1. The molecule has 2 aliphatic heterocycles. The van der Waals surface area contributed by atoms with E-state index in [4.69, 9.17) is 0 Å². The van der Waals surface area contributed by atoms with Gasteiger partial charge in [0.1, 0.15) is 0 Å². The number of aromatic nitrogens is 2. The van der Waals surface area contributed by atoms with Gasteiger partial charge in [0.05, 0.1) is 0 Å². The summed E-state index contributed by atoms with van der Waals surface area (Å²) < 4.78 is 0. The average Bonchev–Trinajstić information content (AvgIpc) is 2.99. The zero-order valence-corrected chi connectivity index (χ0v) is 15.7. The standard InChI is InChI=1S/C18H29N5O2/c1-5-6-16(24)22-9-10-23(13(3)12(22)2)18(25)17-14-11-21(4)8-7-15(14)19-20-17/h12-13H,5-11H2,1-4H3,(H,19,20)/t12-,13-/m1/s1. The molecule has 1 saturated heterocycles. The van der Waals surface area contributed by atoms with Gasteiger partial charge in [0.2, 0.25) is 5.91 Å². The molecule has 3 rings (SSSR count). The molecule has 7 heteroatoms. The van der Waals surface area contributed by atoms with Crippen LogP contribution in [0, 0.1) is 0 Å². The van der Waals surface area contributed by atoms with E-state index in [1.165, 1.54) is 0 Å². The van der Waals surface area contributed by atoms with Crippen LogP contribution < -0.4 is 0 Å². The molecule has 25 heavy (non-hydrogen) atoms. The Morgan fingerprint density at radius 1 is 1.16 bits per heavy atom. The minimum atomic E-state index is -0.0188. The Balaban J connectivity index is 1.76. The third-order valence-corrected chi connectivity index (χ3v) is 5.64. The third-order valence-electron chi connectivity index (χ3n) is 5.64. The van der Waals surface area contributed by atoms with Gasteiger partial charge in [-0.2, -0.15) is 5.10 Å². The minimum Gasteiger partial charge on any atom is -0.336 e. The number of piperazine rings is 1. The molecular weight excluding hydrogens is 318 g/mol. The molecule has 138 valence electrons. The highest BCUT2D eigenvalue weighted by Crippen LogP contribution is 2.24. The lowest BCUT2D eigenvalue weighted by Gasteiger charge is -2.45. The van der Waals surface area contributed by atoms with Crippen LogP contribution in [-0.2, 0) is 17.8 Å². The molecular formula is C18H29N5O2. The number of H-pyrrole nitrogens is 1. The van der Waals surface area contributed by atoms with Crippen molar-refractivity contribution in [2.75, 3.05) is 26.7 Å². The van der Waals surface area contributed by atoms with Crippen molar-refractivity contribution in [3.8, 4) is 0 Å². The fourth-order valence-electron chi connectivity index (χ4n) is 3.88. The predicted molar refractivity (Wildman–Crippen MR) is 95.2 cm³/mol. The van der Waals surface area contributed by atoms with E-state index < -0.39 is 0 Å². The van der Waals surface area contributed by atoms with Gasteiger partial charge in [-0.25, -0.2) is 0 Å². The fraction of sp³-hybridized carbons (Fsp3) is 0.722. The maximum atomic E-state index is 13.1. The monoisotopic (exact) mass is 347 g/mol. The molecule has 7 nitrogen and oxygen atoms in total. The lowest BCUT2D eigenvalue weighted by Crippen LogP contribution is -2.60. The van der Waals surface area contributed by atoms with E-state index in [1.54, 1.807) is 0 Å². The molecule has 1 fully saturated rings. The summed E-state index contributed by atoms with van der Waals surface area (Å²) >= 11 is 0. The number of nitrogens with zero attached hydrogens (tertiary/aromatic N) is 4. The van der Waals surface area contributed by atoms with Crippen LogP contribution in [0.5, 0.6) is 0 Å². The summed E-state index contributed by atoms with van der Waals surface area (Å²) in [6, 6.07) is 0.00455. The summed E-state index contributed by atoms with van der Waals surface area (Å²) in [5, 5.41) is 7.37. The van der Waals surface area contributed by atoms with Crippen LogP contribution >= 0.6 is 0 Å². The molecule has 2 amide bonds. The largest absolute Gasteiger partial charge is 0.336 e. The first-order valence-corrected chi connectivity index (χ1v) is 9.29. The van der Waals surface area contributed by atoms with E-state index in [2.05, 4.69) is 22.1 Å². The first-order valence-electron chi connectivity index (χ1n) is 9.29. The molecule has 0 bridgehead atoms. The number of hydrogen-bond acceptors (Lipinski definition) is 4. The summed E-state index contributed by atoms with van der Waals surface area (Å²) in [7, 11) is 2.06. The Kier molecular flexibility index (Phi) is 5.13. The molecule has 0 unspecified atom stereocenters. The van der Waals surface area contributed by atoms with Gasteiger partial charge in [-0.05, 0) is 27.3 Å². The van der Waals surface area contributed by atoms with Crippen molar-refractivity contribution in [2.45, 2.75) is 58.7 Å². The molecule has 0 aliphatic carbocycles. The van der Waals surface area contributed by atoms with Crippen LogP contribution in [-0.4, -0.2) is 75.5 Å². The number of carbonyl (C=O) groups excluding carboxylic acids is 2. The normalized spacial score (nSPS) is 24.3. The number of amides is 2. The zero-order valence-electron chi connectivity index (χ0n) is 15.7. The second kappa shape index (κ2) is 7.15. The molecule has 1 aromatic heterocycles. The second-order valence-electron chi connectivity index (χ2n) is 7.33. The van der Waals surface area contributed by atoms with Gasteiger partial charge < -0.3 is 14.7 Å². The molecule has 0 radical (unpaired) electrons. The number of fused-ring (bicyclic) bond motifs is 1. The third kappa shape index (κ3) is 3.29. The Morgan fingerprint density at radius 3 is 2.56 bits per heavy atom. The maximum Gasteiger partial charge on any atom is 0.275 e. The molecule has 1 aromatic rings. The van der Waals surface area contributed by atoms with Crippen molar-refractivity contribution in [2.24, 2.45) is 0 Å². The van der Waals surface area contributed by atoms with Gasteiger partial charge in [0, 0.05) is 62.4 Å². The highest BCUT2D eigenvalue weighted by molar-refractivity contribution is 5.94. The van der Waals surface area contributed by atoms with Crippen LogP contribution in [0.15, 0.2) is 0 Å². The van der Waals surface area contributed by atoms with Crippen molar-refractivity contribution in [1.82, 2.24) is 24.9 Å². The molecule has 2 aliphatic rings. The summed E-state index contributed by atoms with van der Waals surface area (Å²) in [5.41, 5.74) is 2.66. The summed E-state index contributed by atoms with van der Waals surface area (Å²) in [6.07, 6.45) is 2.33. The smallest absolute Gasteiger partial charge is 0.275 e. The van der Waals surface area contributed by atoms with E-state index in [0.717, 1.165) is 37.2 Å². The van der Waals surface area contributed by atoms with Gasteiger partial charge in [-0.15, -0.1) is 0 Å². The molecule has 1 N–H and O–H groups in total. The number of hydrogen-bond donors (Lipinski definition) is 1. The number of rotatable bonds is 3. The van der Waals surface area contributed by atoms with E-state index in [9.17, 15) is 9.59 Å². The highest BCUT2D eigenvalue weighted by Gasteiger charge is 2.37. The lowest BCUT2D eigenvalue weighted by atomic mass is 10.0. The minimum absolute atomic E-state index is 0.0178. The van der Waals surface area contributed by atoms with Gasteiger partial charge in [0.15, 0.2) is 5.69 Å². The topological polar surface area (TPSA) is 72.5 Å². The molecule has 2 atom stereocenters. The van der Waals surface area contributed by atoms with Crippen molar-refractivity contribution in [3.05, 3.63) is 17.0 Å². The van der Waals surface area contributed by atoms with E-state index in [1.807, 2.05) is 30.6 Å². The van der Waals surface area contributed by atoms with Gasteiger partial charge in [-0.3, -0.25) is 14.7 Å². The van der Waals surface area contributed by atoms with Gasteiger partial charge in [0.25, 0.3) is 5.91 Å². The molecule has 0 aromatic carbocycles. The molecule has 0 saturated carbocycles. The van der Waals surface area contributed by atoms with Crippen LogP contribution in [0.3, 0.4) is 0 Å². The Bertz CT molecular complexity index is 656. The van der Waals surface area contributed by atoms with Crippen molar-refractivity contribution < 1.29 is 9.59 Å². The van der Waals surface area contributed by atoms with E-state index in [0.29, 0.717) is 25.2 Å². The summed E-state index contributed by atoms with van der Waals surface area (Å²) in [6.45, 7) is 8.98. The maximum absolute atomic E-state index is 13.1. The summed E-state index contributed by atoms with van der Waals surface area (Å²) in [5.74, 6) is 0.169. The van der Waals surface area contributed by atoms with Crippen LogP contribution in [0.2, 0.25) is 0 Å². The quantitative estimate of drug-likeness (QED) is 0.893. The first kappa shape index (κ1) is 17.9. The number of aromatic amines is 1. The zero-order chi connectivity index (χ0) is 18.1. The van der Waals surface area contributed by atoms with Gasteiger partial charge in [-0.1, -0.05) is 6.92 Å². The van der Waals surface area contributed by atoms with E-state index >= 15 is 0 Å². The van der Waals surface area contributed by atoms with Gasteiger partial charge >= 0.3 is 0 Å². The fourth-order valence-corrected chi connectivity index (χ4v) is 3.88. The SMILES string of the molecule is CCCC(=O)N1CCN(C(=O)c2n[nH]c3c2CN(C)CC3)[C@H](C)[C@H]1C. The molecule has 3 heterocycles. The van der Waals surface area contributed by atoms with E-state index in [-0.39, 0.29) is 23.9 Å². The van der Waals surface area contributed by atoms with Crippen molar-refractivity contribution >= 4 is 11.8 Å². The number of nitrogens with one attached hydrogen (secondary N) is 1. The van der Waals surface area contributed by atoms with Crippen molar-refractivity contribution in [1.29, 1.82) is 0 Å². The highest BCUT2D eigenvalue weighted by atomic mass is 16.2. The Morgan fingerprint density at radius 2 is 1.84 bits per heavy atom. The summed E-state index contributed by atoms with van der Waals surface area (Å²) in [4.78, 5) is 31.4. The average molecular weight is 347 g/mol. The van der Waals surface area contributed by atoms with Crippen LogP contribution in [0.4, 0.5) is 0 Å². The first-order chi connectivity index (χ1) is 11.9. The Hall–Kier alpha value is -1.89.